The Balaban J connectivity index is 1.36. The highest BCUT2D eigenvalue weighted by Gasteiger charge is 2.42. The SMILES string of the molecule is Fc1ccc(N2CCCCC23CCN(c2cc(-n4cncn4)ncn2)CC3)cc1F. The molecule has 7 nitrogen and oxygen atoms in total. The third kappa shape index (κ3) is 3.38. The van der Waals surface area contributed by atoms with Gasteiger partial charge in [0.15, 0.2) is 17.5 Å². The number of anilines is 2. The molecule has 156 valence electrons. The van der Waals surface area contributed by atoms with Crippen molar-refractivity contribution in [2.45, 2.75) is 37.6 Å². The molecule has 1 aromatic carbocycles. The molecular formula is C21H23F2N7. The standard InChI is InChI=1S/C21H23F2N7/c22-17-4-3-16(11-18(17)23)29-8-2-1-5-21(29)6-9-28(10-7-21)19-12-20(26-14-25-19)30-15-24-13-27-30/h3-4,11-15H,1-2,5-10H2. The molecule has 0 saturated carbocycles. The summed E-state index contributed by atoms with van der Waals surface area (Å²) in [5.74, 6) is -0.0433. The minimum Gasteiger partial charge on any atom is -0.366 e. The molecule has 0 N–H and O–H groups in total. The Labute approximate surface area is 173 Å². The molecule has 0 amide bonds. The topological polar surface area (TPSA) is 63.0 Å². The zero-order chi connectivity index (χ0) is 20.6. The maximum Gasteiger partial charge on any atom is 0.160 e. The highest BCUT2D eigenvalue weighted by molar-refractivity contribution is 5.51. The van der Waals surface area contributed by atoms with Crippen molar-refractivity contribution in [2.75, 3.05) is 29.4 Å². The van der Waals surface area contributed by atoms with Crippen LogP contribution < -0.4 is 9.80 Å². The quantitative estimate of drug-likeness (QED) is 0.659. The van der Waals surface area contributed by atoms with Crippen LogP contribution in [0.3, 0.4) is 0 Å². The Morgan fingerprint density at radius 3 is 2.43 bits per heavy atom. The number of hydrogen-bond acceptors (Lipinski definition) is 6. The summed E-state index contributed by atoms with van der Waals surface area (Å²) >= 11 is 0. The van der Waals surface area contributed by atoms with Crippen LogP contribution in [-0.4, -0.2) is 49.9 Å². The first-order valence-corrected chi connectivity index (χ1v) is 10.3. The van der Waals surface area contributed by atoms with Gasteiger partial charge in [0.25, 0.3) is 0 Å². The maximum absolute atomic E-state index is 13.9. The number of hydrogen-bond donors (Lipinski definition) is 0. The van der Waals surface area contributed by atoms with Gasteiger partial charge >= 0.3 is 0 Å². The second-order valence-electron chi connectivity index (χ2n) is 7.99. The van der Waals surface area contributed by atoms with E-state index < -0.39 is 11.6 Å². The van der Waals surface area contributed by atoms with Crippen LogP contribution >= 0.6 is 0 Å². The van der Waals surface area contributed by atoms with Crippen LogP contribution in [0.2, 0.25) is 0 Å². The lowest BCUT2D eigenvalue weighted by Gasteiger charge is -2.53. The fourth-order valence-electron chi connectivity index (χ4n) is 4.79. The lowest BCUT2D eigenvalue weighted by Crippen LogP contribution is -2.58. The number of rotatable bonds is 3. The van der Waals surface area contributed by atoms with E-state index in [1.807, 2.05) is 6.07 Å². The van der Waals surface area contributed by atoms with E-state index in [4.69, 9.17) is 0 Å². The van der Waals surface area contributed by atoms with Crippen LogP contribution in [0.15, 0.2) is 43.2 Å². The van der Waals surface area contributed by atoms with Gasteiger partial charge in [0.1, 0.15) is 24.8 Å². The van der Waals surface area contributed by atoms with Crippen LogP contribution in [0, 0.1) is 11.6 Å². The summed E-state index contributed by atoms with van der Waals surface area (Å²) in [5.41, 5.74) is 0.749. The monoisotopic (exact) mass is 411 g/mol. The molecule has 2 aliphatic heterocycles. The average Bonchev–Trinajstić information content (AvgIpc) is 3.32. The van der Waals surface area contributed by atoms with Gasteiger partial charge in [0.2, 0.25) is 0 Å². The van der Waals surface area contributed by atoms with Crippen molar-refractivity contribution < 1.29 is 8.78 Å². The van der Waals surface area contributed by atoms with Gasteiger partial charge in [0.05, 0.1) is 0 Å². The fraction of sp³-hybridized carbons (Fsp3) is 0.429. The summed E-state index contributed by atoms with van der Waals surface area (Å²) in [4.78, 5) is 17.3. The van der Waals surface area contributed by atoms with Crippen LogP contribution in [0.25, 0.3) is 5.82 Å². The molecule has 1 spiro atoms. The summed E-state index contributed by atoms with van der Waals surface area (Å²) in [5, 5.41) is 4.13. The van der Waals surface area contributed by atoms with E-state index in [1.165, 1.54) is 18.5 Å². The van der Waals surface area contributed by atoms with E-state index in [0.29, 0.717) is 5.82 Å². The smallest absolute Gasteiger partial charge is 0.160 e. The van der Waals surface area contributed by atoms with E-state index in [-0.39, 0.29) is 5.54 Å². The molecule has 0 radical (unpaired) electrons. The summed E-state index contributed by atoms with van der Waals surface area (Å²) in [6.45, 7) is 2.55. The van der Waals surface area contributed by atoms with Crippen molar-refractivity contribution in [3.63, 3.8) is 0 Å². The second kappa shape index (κ2) is 7.62. The van der Waals surface area contributed by atoms with Crippen molar-refractivity contribution in [3.8, 4) is 5.82 Å². The summed E-state index contributed by atoms with van der Waals surface area (Å²) < 4.78 is 29.0. The van der Waals surface area contributed by atoms with E-state index in [2.05, 4.69) is 29.9 Å². The number of nitrogens with zero attached hydrogens (tertiary/aromatic N) is 7. The van der Waals surface area contributed by atoms with Gasteiger partial charge in [0, 0.05) is 43.0 Å². The molecular weight excluding hydrogens is 388 g/mol. The Morgan fingerprint density at radius 1 is 0.833 bits per heavy atom. The first kappa shape index (κ1) is 18.9. The Bertz CT molecular complexity index is 1020. The summed E-state index contributed by atoms with van der Waals surface area (Å²) in [7, 11) is 0. The first-order valence-electron chi connectivity index (χ1n) is 10.3. The van der Waals surface area contributed by atoms with Crippen LogP contribution in [-0.2, 0) is 0 Å². The molecule has 0 bridgehead atoms. The molecule has 2 aliphatic rings. The molecule has 5 rings (SSSR count). The average molecular weight is 411 g/mol. The lowest BCUT2D eigenvalue weighted by atomic mass is 9.78. The Kier molecular flexibility index (Phi) is 4.80. The normalized spacial score (nSPS) is 18.7. The largest absolute Gasteiger partial charge is 0.366 e. The number of halogens is 2. The molecule has 0 aliphatic carbocycles. The van der Waals surface area contributed by atoms with Gasteiger partial charge in [-0.2, -0.15) is 5.10 Å². The van der Waals surface area contributed by atoms with Crippen LogP contribution in [0.4, 0.5) is 20.3 Å². The van der Waals surface area contributed by atoms with E-state index in [0.717, 1.165) is 63.2 Å². The zero-order valence-corrected chi connectivity index (χ0v) is 16.6. The van der Waals surface area contributed by atoms with Crippen LogP contribution in [0.5, 0.6) is 0 Å². The van der Waals surface area contributed by atoms with Gasteiger partial charge in [-0.3, -0.25) is 0 Å². The van der Waals surface area contributed by atoms with Crippen LogP contribution in [0.1, 0.15) is 32.1 Å². The predicted molar refractivity (Wildman–Crippen MR) is 109 cm³/mol. The molecule has 9 heteroatoms. The molecule has 30 heavy (non-hydrogen) atoms. The molecule has 3 aromatic rings. The molecule has 2 aromatic heterocycles. The minimum absolute atomic E-state index is 0.0270. The van der Waals surface area contributed by atoms with Crippen molar-refractivity contribution in [3.05, 3.63) is 54.9 Å². The number of piperidine rings is 2. The molecule has 2 fully saturated rings. The molecule has 0 atom stereocenters. The molecule has 0 unspecified atom stereocenters. The highest BCUT2D eigenvalue weighted by Crippen LogP contribution is 2.41. The van der Waals surface area contributed by atoms with Gasteiger partial charge in [-0.05, 0) is 44.2 Å². The van der Waals surface area contributed by atoms with Gasteiger partial charge in [-0.25, -0.2) is 28.4 Å². The van der Waals surface area contributed by atoms with E-state index >= 15 is 0 Å². The van der Waals surface area contributed by atoms with Gasteiger partial charge in [-0.1, -0.05) is 0 Å². The highest BCUT2D eigenvalue weighted by atomic mass is 19.2. The predicted octanol–water partition coefficient (Wildman–Crippen LogP) is 3.37. The molecule has 2 saturated heterocycles. The summed E-state index contributed by atoms with van der Waals surface area (Å²) in [6.07, 6.45) is 9.80. The minimum atomic E-state index is -0.799. The van der Waals surface area contributed by atoms with Crippen molar-refractivity contribution in [1.29, 1.82) is 0 Å². The van der Waals surface area contributed by atoms with Gasteiger partial charge in [-0.15, -0.1) is 0 Å². The summed E-state index contributed by atoms with van der Waals surface area (Å²) in [6, 6.07) is 6.19. The third-order valence-corrected chi connectivity index (χ3v) is 6.37. The van der Waals surface area contributed by atoms with Crippen molar-refractivity contribution >= 4 is 11.5 Å². The van der Waals surface area contributed by atoms with Crippen molar-refractivity contribution in [1.82, 2.24) is 24.7 Å². The maximum atomic E-state index is 13.9. The second-order valence-corrected chi connectivity index (χ2v) is 7.99. The lowest BCUT2D eigenvalue weighted by molar-refractivity contribution is 0.250. The number of aromatic nitrogens is 5. The zero-order valence-electron chi connectivity index (χ0n) is 16.6. The third-order valence-electron chi connectivity index (χ3n) is 6.37. The first-order chi connectivity index (χ1) is 14.6. The fourth-order valence-corrected chi connectivity index (χ4v) is 4.79. The number of benzene rings is 1. The van der Waals surface area contributed by atoms with Crippen molar-refractivity contribution in [2.24, 2.45) is 0 Å². The van der Waals surface area contributed by atoms with E-state index in [9.17, 15) is 8.78 Å². The van der Waals surface area contributed by atoms with Gasteiger partial charge < -0.3 is 9.80 Å². The Morgan fingerprint density at radius 2 is 1.67 bits per heavy atom. The molecule has 4 heterocycles. The van der Waals surface area contributed by atoms with E-state index in [1.54, 1.807) is 23.4 Å². The Hall–Kier alpha value is -3.10.